The van der Waals surface area contributed by atoms with Gasteiger partial charge in [-0.3, -0.25) is 4.79 Å². The zero-order chi connectivity index (χ0) is 21.8. The molecule has 1 amide bonds. The van der Waals surface area contributed by atoms with E-state index in [1.807, 2.05) is 0 Å². The number of piperidine rings is 1. The van der Waals surface area contributed by atoms with Crippen molar-refractivity contribution in [2.45, 2.75) is 24.1 Å². The summed E-state index contributed by atoms with van der Waals surface area (Å²) >= 11 is 0. The van der Waals surface area contributed by atoms with E-state index in [-0.39, 0.29) is 16.4 Å². The summed E-state index contributed by atoms with van der Waals surface area (Å²) in [5.74, 6) is -0.692. The molecule has 0 aromatic heterocycles. The molecule has 1 heterocycles. The van der Waals surface area contributed by atoms with E-state index in [4.69, 9.17) is 0 Å². The van der Waals surface area contributed by atoms with Gasteiger partial charge in [0.1, 0.15) is 5.75 Å². The van der Waals surface area contributed by atoms with E-state index in [0.717, 1.165) is 12.1 Å². The zero-order valence-corrected chi connectivity index (χ0v) is 16.7. The molecule has 1 N–H and O–H groups in total. The zero-order valence-electron chi connectivity index (χ0n) is 15.9. The second kappa shape index (κ2) is 9.05. The highest BCUT2D eigenvalue weighted by Crippen LogP contribution is 2.24. The quantitative estimate of drug-likeness (QED) is 0.744. The predicted octanol–water partition coefficient (Wildman–Crippen LogP) is 3.42. The van der Waals surface area contributed by atoms with Gasteiger partial charge in [0.15, 0.2) is 0 Å². The van der Waals surface area contributed by atoms with Gasteiger partial charge in [-0.15, -0.1) is 13.2 Å². The number of carbonyl (C=O) groups is 1. The van der Waals surface area contributed by atoms with Crippen molar-refractivity contribution in [2.75, 3.05) is 19.6 Å². The molecule has 2 aromatic rings. The van der Waals surface area contributed by atoms with Crippen LogP contribution < -0.4 is 10.1 Å². The van der Waals surface area contributed by atoms with Gasteiger partial charge in [-0.2, -0.15) is 4.31 Å². The number of hydrogen-bond donors (Lipinski definition) is 1. The summed E-state index contributed by atoms with van der Waals surface area (Å²) in [4.78, 5) is 12.5. The number of ether oxygens (including phenoxy) is 1. The van der Waals surface area contributed by atoms with Gasteiger partial charge in [-0.05, 0) is 55.2 Å². The van der Waals surface area contributed by atoms with Crippen LogP contribution in [0.1, 0.15) is 23.2 Å². The largest absolute Gasteiger partial charge is 0.573 e. The number of rotatable bonds is 6. The van der Waals surface area contributed by atoms with E-state index in [0.29, 0.717) is 32.5 Å². The minimum Gasteiger partial charge on any atom is -0.406 e. The molecular formula is C20H21F3N2O4S. The Balaban J connectivity index is 1.48. The van der Waals surface area contributed by atoms with E-state index in [9.17, 15) is 26.4 Å². The van der Waals surface area contributed by atoms with Gasteiger partial charge in [0.2, 0.25) is 10.0 Å². The Kier molecular flexibility index (Phi) is 6.67. The van der Waals surface area contributed by atoms with Crippen molar-refractivity contribution in [1.82, 2.24) is 9.62 Å². The lowest BCUT2D eigenvalue weighted by molar-refractivity contribution is -0.274. The number of alkyl halides is 3. The first-order valence-corrected chi connectivity index (χ1v) is 10.8. The Bertz CT molecular complexity index is 956. The van der Waals surface area contributed by atoms with Gasteiger partial charge in [-0.25, -0.2) is 8.42 Å². The molecule has 0 spiro atoms. The molecule has 1 saturated heterocycles. The van der Waals surface area contributed by atoms with Crippen LogP contribution in [-0.4, -0.2) is 44.6 Å². The van der Waals surface area contributed by atoms with Crippen molar-refractivity contribution in [3.63, 3.8) is 0 Å². The van der Waals surface area contributed by atoms with Gasteiger partial charge in [0, 0.05) is 25.2 Å². The molecule has 0 bridgehead atoms. The number of amides is 1. The molecule has 0 radical (unpaired) electrons. The first-order chi connectivity index (χ1) is 14.1. The predicted molar refractivity (Wildman–Crippen MR) is 103 cm³/mol. The molecule has 1 aliphatic rings. The molecule has 0 atom stereocenters. The average Bonchev–Trinajstić information content (AvgIpc) is 2.72. The fourth-order valence-corrected chi connectivity index (χ4v) is 4.73. The van der Waals surface area contributed by atoms with Crippen LogP contribution in [0.15, 0.2) is 59.5 Å². The normalized spacial score (nSPS) is 16.2. The van der Waals surface area contributed by atoms with Crippen LogP contribution in [0.4, 0.5) is 13.2 Å². The Hall–Kier alpha value is -2.59. The minimum absolute atomic E-state index is 0.115. The van der Waals surface area contributed by atoms with Crippen LogP contribution in [0.3, 0.4) is 0 Å². The van der Waals surface area contributed by atoms with Crippen molar-refractivity contribution in [3.05, 3.63) is 60.2 Å². The monoisotopic (exact) mass is 442 g/mol. The molecule has 162 valence electrons. The lowest BCUT2D eigenvalue weighted by Gasteiger charge is -2.31. The third kappa shape index (κ3) is 5.73. The van der Waals surface area contributed by atoms with Crippen LogP contribution in [0.25, 0.3) is 0 Å². The fourth-order valence-electron chi connectivity index (χ4n) is 3.24. The molecule has 6 nitrogen and oxygen atoms in total. The highest BCUT2D eigenvalue weighted by Gasteiger charge is 2.31. The number of hydrogen-bond acceptors (Lipinski definition) is 4. The Labute approximate surface area is 172 Å². The maximum absolute atomic E-state index is 12.6. The molecular weight excluding hydrogens is 421 g/mol. The standard InChI is InChI=1S/C20H21F3N2O4S/c21-20(22,23)29-17-8-6-16(7-9-17)19(26)24-14-15-10-12-25(13-11-15)30(27,28)18-4-2-1-3-5-18/h1-9,15H,10-14H2,(H,24,26). The SMILES string of the molecule is O=C(NCC1CCN(S(=O)(=O)c2ccccc2)CC1)c1ccc(OC(F)(F)F)cc1. The first-order valence-electron chi connectivity index (χ1n) is 9.34. The molecule has 3 rings (SSSR count). The van der Waals surface area contributed by atoms with Crippen molar-refractivity contribution in [1.29, 1.82) is 0 Å². The minimum atomic E-state index is -4.79. The lowest BCUT2D eigenvalue weighted by atomic mass is 9.98. The van der Waals surface area contributed by atoms with Crippen LogP contribution in [-0.2, 0) is 10.0 Å². The van der Waals surface area contributed by atoms with E-state index in [1.54, 1.807) is 30.3 Å². The van der Waals surface area contributed by atoms with Crippen molar-refractivity contribution < 1.29 is 31.1 Å². The number of nitrogens with zero attached hydrogens (tertiary/aromatic N) is 1. The van der Waals surface area contributed by atoms with Crippen LogP contribution in [0.2, 0.25) is 0 Å². The highest BCUT2D eigenvalue weighted by atomic mass is 32.2. The summed E-state index contributed by atoms with van der Waals surface area (Å²) in [7, 11) is -3.52. The molecule has 1 fully saturated rings. The third-order valence-corrected chi connectivity index (χ3v) is 6.77. The van der Waals surface area contributed by atoms with Crippen LogP contribution in [0, 0.1) is 5.92 Å². The number of sulfonamides is 1. The van der Waals surface area contributed by atoms with Crippen molar-refractivity contribution in [2.24, 2.45) is 5.92 Å². The third-order valence-electron chi connectivity index (χ3n) is 4.86. The molecule has 0 unspecified atom stereocenters. The van der Waals surface area contributed by atoms with Gasteiger partial charge in [-0.1, -0.05) is 18.2 Å². The molecule has 30 heavy (non-hydrogen) atoms. The molecule has 0 aliphatic carbocycles. The molecule has 2 aromatic carbocycles. The van der Waals surface area contributed by atoms with E-state index < -0.39 is 28.0 Å². The van der Waals surface area contributed by atoms with Gasteiger partial charge >= 0.3 is 6.36 Å². The maximum atomic E-state index is 12.6. The summed E-state index contributed by atoms with van der Waals surface area (Å²) in [5.41, 5.74) is 0.216. The summed E-state index contributed by atoms with van der Waals surface area (Å²) in [6.07, 6.45) is -3.58. The number of nitrogens with one attached hydrogen (secondary N) is 1. The van der Waals surface area contributed by atoms with E-state index in [1.165, 1.54) is 16.4 Å². The first kappa shape index (κ1) is 22.1. The van der Waals surface area contributed by atoms with Gasteiger partial charge < -0.3 is 10.1 Å². The second-order valence-corrected chi connectivity index (χ2v) is 8.88. The highest BCUT2D eigenvalue weighted by molar-refractivity contribution is 7.89. The van der Waals surface area contributed by atoms with E-state index in [2.05, 4.69) is 10.1 Å². The fraction of sp³-hybridized carbons (Fsp3) is 0.350. The van der Waals surface area contributed by atoms with Crippen LogP contribution in [0.5, 0.6) is 5.75 Å². The summed E-state index contributed by atoms with van der Waals surface area (Å²) in [5, 5.41) is 2.75. The molecule has 10 heteroatoms. The van der Waals surface area contributed by atoms with Gasteiger partial charge in [0.25, 0.3) is 5.91 Å². The maximum Gasteiger partial charge on any atom is 0.573 e. The number of carbonyl (C=O) groups excluding carboxylic acids is 1. The van der Waals surface area contributed by atoms with E-state index >= 15 is 0 Å². The Morgan fingerprint density at radius 2 is 1.63 bits per heavy atom. The second-order valence-electron chi connectivity index (χ2n) is 6.94. The summed E-state index contributed by atoms with van der Waals surface area (Å²) < 4.78 is 67.0. The van der Waals surface area contributed by atoms with Crippen molar-refractivity contribution >= 4 is 15.9 Å². The van der Waals surface area contributed by atoms with Crippen molar-refractivity contribution in [3.8, 4) is 5.75 Å². The topological polar surface area (TPSA) is 75.7 Å². The summed E-state index contributed by atoms with van der Waals surface area (Å²) in [6, 6.07) is 12.9. The smallest absolute Gasteiger partial charge is 0.406 e. The lowest BCUT2D eigenvalue weighted by Crippen LogP contribution is -2.41. The number of halogens is 3. The molecule has 1 aliphatic heterocycles. The Morgan fingerprint density at radius 1 is 1.03 bits per heavy atom. The number of benzene rings is 2. The average molecular weight is 442 g/mol. The summed E-state index contributed by atoms with van der Waals surface area (Å²) in [6.45, 7) is 1.08. The Morgan fingerprint density at radius 3 is 2.20 bits per heavy atom. The molecule has 0 saturated carbocycles. The van der Waals surface area contributed by atoms with Gasteiger partial charge in [0.05, 0.1) is 4.90 Å². The van der Waals surface area contributed by atoms with Crippen LogP contribution >= 0.6 is 0 Å².